The molecule has 2 N–H and O–H groups in total. The zero-order valence-electron chi connectivity index (χ0n) is 15.1. The minimum atomic E-state index is -0.938. The van der Waals surface area contributed by atoms with Gasteiger partial charge in [0.05, 0.1) is 5.69 Å². The maximum atomic E-state index is 15.4. The molecule has 0 fully saturated rings. The number of likely N-dealkylation sites (N-methyl/N-ethyl adjacent to an activating group) is 1. The molecular formula is C21H17F3N4. The fraction of sp³-hybridized carbons (Fsp3) is 0.143. The molecule has 0 saturated carbocycles. The molecule has 0 aliphatic carbocycles. The summed E-state index contributed by atoms with van der Waals surface area (Å²) in [5.41, 5.74) is 8.50. The van der Waals surface area contributed by atoms with Crippen molar-refractivity contribution in [1.29, 1.82) is 0 Å². The third kappa shape index (κ3) is 3.25. The number of hydrogen-bond donors (Lipinski definition) is 1. The lowest BCUT2D eigenvalue weighted by Gasteiger charge is -2.17. The van der Waals surface area contributed by atoms with Crippen LogP contribution in [0.15, 0.2) is 48.5 Å². The van der Waals surface area contributed by atoms with Gasteiger partial charge >= 0.3 is 0 Å². The first-order valence-electron chi connectivity index (χ1n) is 8.69. The van der Waals surface area contributed by atoms with Gasteiger partial charge in [-0.15, -0.1) is 10.2 Å². The van der Waals surface area contributed by atoms with Crippen molar-refractivity contribution in [3.63, 3.8) is 0 Å². The fourth-order valence-corrected chi connectivity index (χ4v) is 3.34. The lowest BCUT2D eigenvalue weighted by molar-refractivity contribution is 0.358. The number of anilines is 1. The molecule has 0 radical (unpaired) electrons. The van der Waals surface area contributed by atoms with Gasteiger partial charge in [0, 0.05) is 24.2 Å². The molecular weight excluding hydrogens is 365 g/mol. The molecule has 1 aliphatic heterocycles. The first-order valence-corrected chi connectivity index (χ1v) is 8.69. The lowest BCUT2D eigenvalue weighted by atomic mass is 9.91. The van der Waals surface area contributed by atoms with Crippen LogP contribution in [0.5, 0.6) is 0 Å². The van der Waals surface area contributed by atoms with Crippen LogP contribution < -0.4 is 5.73 Å². The van der Waals surface area contributed by atoms with Crippen LogP contribution in [0.25, 0.3) is 16.8 Å². The van der Waals surface area contributed by atoms with Gasteiger partial charge in [0.25, 0.3) is 0 Å². The second-order valence-corrected chi connectivity index (χ2v) is 6.74. The Morgan fingerprint density at radius 3 is 2.43 bits per heavy atom. The molecule has 1 aliphatic rings. The maximum Gasteiger partial charge on any atom is 0.159 e. The Hall–Kier alpha value is -3.19. The molecule has 0 spiro atoms. The smallest absolute Gasteiger partial charge is 0.159 e. The summed E-state index contributed by atoms with van der Waals surface area (Å²) >= 11 is 0. The van der Waals surface area contributed by atoms with Crippen LogP contribution in [0, 0.1) is 17.5 Å². The van der Waals surface area contributed by atoms with Crippen molar-refractivity contribution in [3.8, 4) is 11.3 Å². The molecule has 2 aromatic carbocycles. The maximum absolute atomic E-state index is 15.4. The van der Waals surface area contributed by atoms with Gasteiger partial charge in [-0.05, 0) is 54.1 Å². The van der Waals surface area contributed by atoms with E-state index in [1.807, 2.05) is 18.0 Å². The summed E-state index contributed by atoms with van der Waals surface area (Å²) in [6.45, 7) is 0.903. The molecule has 142 valence electrons. The highest BCUT2D eigenvalue weighted by Crippen LogP contribution is 2.35. The van der Waals surface area contributed by atoms with Crippen LogP contribution in [0.1, 0.15) is 16.7 Å². The molecule has 4 nitrogen and oxygen atoms in total. The number of benzene rings is 2. The second kappa shape index (κ2) is 7.09. The van der Waals surface area contributed by atoms with Crippen molar-refractivity contribution in [2.75, 3.05) is 19.3 Å². The topological polar surface area (TPSA) is 55.0 Å². The van der Waals surface area contributed by atoms with Crippen molar-refractivity contribution in [3.05, 3.63) is 82.7 Å². The van der Waals surface area contributed by atoms with Crippen molar-refractivity contribution in [1.82, 2.24) is 15.1 Å². The van der Waals surface area contributed by atoms with Gasteiger partial charge in [-0.2, -0.15) is 0 Å². The monoisotopic (exact) mass is 382 g/mol. The summed E-state index contributed by atoms with van der Waals surface area (Å²) in [5, 5.41) is 7.75. The molecule has 28 heavy (non-hydrogen) atoms. The quantitative estimate of drug-likeness (QED) is 0.727. The molecule has 0 unspecified atom stereocenters. The van der Waals surface area contributed by atoms with E-state index >= 15 is 4.39 Å². The van der Waals surface area contributed by atoms with Gasteiger partial charge in [-0.25, -0.2) is 13.2 Å². The second-order valence-electron chi connectivity index (χ2n) is 6.74. The Bertz CT molecular complexity index is 1080. The zero-order chi connectivity index (χ0) is 19.8. The van der Waals surface area contributed by atoms with E-state index in [4.69, 9.17) is 5.73 Å². The minimum Gasteiger partial charge on any atom is -0.382 e. The van der Waals surface area contributed by atoms with Crippen molar-refractivity contribution in [2.24, 2.45) is 0 Å². The highest BCUT2D eigenvalue weighted by atomic mass is 19.2. The average molecular weight is 382 g/mol. The third-order valence-corrected chi connectivity index (χ3v) is 4.76. The van der Waals surface area contributed by atoms with Crippen LogP contribution >= 0.6 is 0 Å². The minimum absolute atomic E-state index is 0.252. The van der Waals surface area contributed by atoms with Crippen molar-refractivity contribution in [2.45, 2.75) is 6.54 Å². The standard InChI is InChI=1S/C21H17F3N4/c1-28-9-8-13(12-2-5-17(22)18(23)10-12)14-3-4-15(21(24)16(14)11-28)19-6-7-20(25)27-26-19/h2-8,10H,9,11H2,1H3,(H2,25,27). The Balaban J connectivity index is 1.87. The Morgan fingerprint density at radius 1 is 0.929 bits per heavy atom. The van der Waals surface area contributed by atoms with Gasteiger partial charge < -0.3 is 5.73 Å². The van der Waals surface area contributed by atoms with E-state index in [9.17, 15) is 8.78 Å². The number of nitrogen functional groups attached to an aromatic ring is 1. The van der Waals surface area contributed by atoms with Crippen molar-refractivity contribution >= 4 is 11.4 Å². The summed E-state index contributed by atoms with van der Waals surface area (Å²) < 4.78 is 42.6. The molecule has 3 aromatic rings. The highest BCUT2D eigenvalue weighted by Gasteiger charge is 2.22. The number of hydrogen-bond acceptors (Lipinski definition) is 4. The zero-order valence-corrected chi connectivity index (χ0v) is 15.1. The molecule has 0 saturated heterocycles. The molecule has 0 amide bonds. The number of halogens is 3. The van der Waals surface area contributed by atoms with Crippen LogP contribution in [-0.2, 0) is 6.54 Å². The van der Waals surface area contributed by atoms with Crippen LogP contribution in [0.4, 0.5) is 19.0 Å². The Kier molecular flexibility index (Phi) is 4.60. The predicted molar refractivity (Wildman–Crippen MR) is 102 cm³/mol. The first kappa shape index (κ1) is 18.2. The number of nitrogens with two attached hydrogens (primary N) is 1. The van der Waals surface area contributed by atoms with Gasteiger partial charge in [0.1, 0.15) is 11.6 Å². The van der Waals surface area contributed by atoms with E-state index in [1.54, 1.807) is 24.3 Å². The van der Waals surface area contributed by atoms with E-state index in [1.165, 1.54) is 6.07 Å². The van der Waals surface area contributed by atoms with Crippen LogP contribution in [-0.4, -0.2) is 28.7 Å². The number of fused-ring (bicyclic) bond motifs is 1. The first-order chi connectivity index (χ1) is 13.4. The molecule has 4 rings (SSSR count). The van der Waals surface area contributed by atoms with Gasteiger partial charge in [0.2, 0.25) is 0 Å². The fourth-order valence-electron chi connectivity index (χ4n) is 3.34. The molecule has 7 heteroatoms. The van der Waals surface area contributed by atoms with Gasteiger partial charge in [-0.1, -0.05) is 18.2 Å². The molecule has 0 bridgehead atoms. The Morgan fingerprint density at radius 2 is 1.71 bits per heavy atom. The van der Waals surface area contributed by atoms with Crippen molar-refractivity contribution < 1.29 is 13.2 Å². The summed E-state index contributed by atoms with van der Waals surface area (Å²) in [6, 6.07) is 10.3. The van der Waals surface area contributed by atoms with E-state index in [2.05, 4.69) is 10.2 Å². The number of rotatable bonds is 2. The number of nitrogens with zero attached hydrogens (tertiary/aromatic N) is 3. The van der Waals surface area contributed by atoms with E-state index in [-0.39, 0.29) is 5.82 Å². The summed E-state index contributed by atoms with van der Waals surface area (Å²) in [7, 11) is 1.86. The van der Waals surface area contributed by atoms with Gasteiger partial charge in [0.15, 0.2) is 11.6 Å². The van der Waals surface area contributed by atoms with E-state index in [0.29, 0.717) is 46.6 Å². The largest absolute Gasteiger partial charge is 0.382 e. The lowest BCUT2D eigenvalue weighted by Crippen LogP contribution is -2.17. The third-order valence-electron chi connectivity index (χ3n) is 4.76. The highest BCUT2D eigenvalue weighted by molar-refractivity contribution is 5.83. The van der Waals surface area contributed by atoms with Gasteiger partial charge in [-0.3, -0.25) is 4.90 Å². The summed E-state index contributed by atoms with van der Waals surface area (Å²) in [5.74, 6) is -2.02. The predicted octanol–water partition coefficient (Wildman–Crippen LogP) is 4.02. The van der Waals surface area contributed by atoms with E-state index < -0.39 is 17.5 Å². The van der Waals surface area contributed by atoms with Crippen LogP contribution in [0.2, 0.25) is 0 Å². The molecule has 0 atom stereocenters. The normalized spacial score (nSPS) is 14.4. The molecule has 1 aromatic heterocycles. The average Bonchev–Trinajstić information content (AvgIpc) is 2.84. The summed E-state index contributed by atoms with van der Waals surface area (Å²) in [6.07, 6.45) is 1.89. The Labute approximate surface area is 160 Å². The molecule has 2 heterocycles. The SMILES string of the molecule is CN1CC=C(c2ccc(F)c(F)c2)c2ccc(-c3ccc(N)nn3)c(F)c2C1. The van der Waals surface area contributed by atoms with E-state index in [0.717, 1.165) is 12.1 Å². The van der Waals surface area contributed by atoms with Crippen LogP contribution in [0.3, 0.4) is 0 Å². The summed E-state index contributed by atoms with van der Waals surface area (Å²) in [4.78, 5) is 1.94. The number of aromatic nitrogens is 2.